The molecule has 1 aliphatic rings. The molecule has 2 heteroatoms. The van der Waals surface area contributed by atoms with Gasteiger partial charge < -0.3 is 4.90 Å². The van der Waals surface area contributed by atoms with Gasteiger partial charge in [-0.3, -0.25) is 4.79 Å². The molecule has 2 nitrogen and oxygen atoms in total. The lowest BCUT2D eigenvalue weighted by atomic mass is 9.91. The predicted octanol–water partition coefficient (Wildman–Crippen LogP) is 3.63. The molecule has 0 aliphatic carbocycles. The van der Waals surface area contributed by atoms with E-state index in [0.717, 1.165) is 19.5 Å². The monoisotopic (exact) mass is 225 g/mol. The molecule has 0 spiro atoms. The van der Waals surface area contributed by atoms with Crippen molar-refractivity contribution in [1.29, 1.82) is 0 Å². The number of nitrogens with zero attached hydrogens (tertiary/aromatic N) is 1. The highest BCUT2D eigenvalue weighted by atomic mass is 16.2. The predicted molar refractivity (Wildman–Crippen MR) is 70.4 cm³/mol. The summed E-state index contributed by atoms with van der Waals surface area (Å²) in [5, 5.41) is 0. The third-order valence-corrected chi connectivity index (χ3v) is 2.47. The first-order valence-corrected chi connectivity index (χ1v) is 6.32. The van der Waals surface area contributed by atoms with Crippen molar-refractivity contribution in [3.63, 3.8) is 0 Å². The molecule has 1 rings (SSSR count). The van der Waals surface area contributed by atoms with Crippen LogP contribution in [-0.4, -0.2) is 23.9 Å². The Bertz CT molecular complexity index is 248. The van der Waals surface area contributed by atoms with Crippen molar-refractivity contribution in [3.05, 3.63) is 11.6 Å². The van der Waals surface area contributed by atoms with Crippen molar-refractivity contribution in [2.24, 2.45) is 5.41 Å². The first-order chi connectivity index (χ1) is 7.38. The van der Waals surface area contributed by atoms with E-state index in [1.165, 1.54) is 5.57 Å². The minimum absolute atomic E-state index is 0.104. The molecule has 1 heterocycles. The first kappa shape index (κ1) is 15.2. The molecule has 0 atom stereocenters. The number of carbonyl (C=O) groups excluding carboxylic acids is 1. The Morgan fingerprint density at radius 1 is 1.38 bits per heavy atom. The van der Waals surface area contributed by atoms with Crippen LogP contribution in [0.1, 0.15) is 54.4 Å². The second-order valence-electron chi connectivity index (χ2n) is 5.38. The standard InChI is InChI=1S/C12H21NO.C2H6/c1-10-5-7-13(8-6-10)11(14)9-12(2,3)4;1-2/h5H,6-9H2,1-4H3;1-2H3. The summed E-state index contributed by atoms with van der Waals surface area (Å²) in [4.78, 5) is 13.8. The molecular weight excluding hydrogens is 198 g/mol. The molecule has 1 aliphatic heterocycles. The van der Waals surface area contributed by atoms with Gasteiger partial charge in [0, 0.05) is 19.5 Å². The largest absolute Gasteiger partial charge is 0.339 e. The lowest BCUT2D eigenvalue weighted by Gasteiger charge is -2.28. The topological polar surface area (TPSA) is 20.3 Å². The van der Waals surface area contributed by atoms with Crippen molar-refractivity contribution in [3.8, 4) is 0 Å². The van der Waals surface area contributed by atoms with Gasteiger partial charge in [0.05, 0.1) is 0 Å². The molecule has 0 aromatic carbocycles. The van der Waals surface area contributed by atoms with Gasteiger partial charge in [0.2, 0.25) is 5.91 Å². The molecular formula is C14H27NO. The van der Waals surface area contributed by atoms with E-state index in [0.29, 0.717) is 12.3 Å². The lowest BCUT2D eigenvalue weighted by molar-refractivity contribution is -0.132. The Morgan fingerprint density at radius 3 is 2.31 bits per heavy atom. The maximum atomic E-state index is 11.8. The zero-order valence-electron chi connectivity index (χ0n) is 11.8. The van der Waals surface area contributed by atoms with Crippen LogP contribution in [0.15, 0.2) is 11.6 Å². The summed E-state index contributed by atoms with van der Waals surface area (Å²) in [7, 11) is 0. The second-order valence-corrected chi connectivity index (χ2v) is 5.38. The molecule has 0 fully saturated rings. The Kier molecular flexibility index (Phi) is 6.39. The Labute approximate surface area is 101 Å². The normalized spacial score (nSPS) is 16.1. The third kappa shape index (κ3) is 5.94. The van der Waals surface area contributed by atoms with Gasteiger partial charge in [-0.05, 0) is 18.8 Å². The molecule has 0 N–H and O–H groups in total. The molecule has 0 aromatic rings. The Morgan fingerprint density at radius 2 is 1.94 bits per heavy atom. The van der Waals surface area contributed by atoms with Gasteiger partial charge in [-0.2, -0.15) is 0 Å². The summed E-state index contributed by atoms with van der Waals surface area (Å²) in [6.07, 6.45) is 3.85. The molecule has 0 radical (unpaired) electrons. The quantitative estimate of drug-likeness (QED) is 0.624. The van der Waals surface area contributed by atoms with Gasteiger partial charge >= 0.3 is 0 Å². The van der Waals surface area contributed by atoms with E-state index in [-0.39, 0.29) is 5.41 Å². The minimum atomic E-state index is 0.104. The van der Waals surface area contributed by atoms with Crippen LogP contribution in [-0.2, 0) is 4.79 Å². The van der Waals surface area contributed by atoms with Crippen molar-refractivity contribution >= 4 is 5.91 Å². The van der Waals surface area contributed by atoms with Gasteiger partial charge in [0.15, 0.2) is 0 Å². The van der Waals surface area contributed by atoms with Crippen LogP contribution in [0.2, 0.25) is 0 Å². The SMILES string of the molecule is CC.CC1=CCN(C(=O)CC(C)(C)C)CC1. The van der Waals surface area contributed by atoms with E-state index in [9.17, 15) is 4.79 Å². The van der Waals surface area contributed by atoms with Crippen LogP contribution >= 0.6 is 0 Å². The van der Waals surface area contributed by atoms with Gasteiger partial charge in [-0.15, -0.1) is 0 Å². The summed E-state index contributed by atoms with van der Waals surface area (Å²) < 4.78 is 0. The fourth-order valence-electron chi connectivity index (χ4n) is 1.56. The van der Waals surface area contributed by atoms with Crippen molar-refractivity contribution in [1.82, 2.24) is 4.90 Å². The van der Waals surface area contributed by atoms with Crippen LogP contribution in [0.5, 0.6) is 0 Å². The highest BCUT2D eigenvalue weighted by Gasteiger charge is 2.21. The molecule has 0 unspecified atom stereocenters. The number of hydrogen-bond acceptors (Lipinski definition) is 1. The van der Waals surface area contributed by atoms with Crippen molar-refractivity contribution in [2.75, 3.05) is 13.1 Å². The summed E-state index contributed by atoms with van der Waals surface area (Å²) in [5.41, 5.74) is 1.51. The Balaban J connectivity index is 0.00000106. The third-order valence-electron chi connectivity index (χ3n) is 2.47. The molecule has 1 amide bonds. The van der Waals surface area contributed by atoms with E-state index in [1.807, 2.05) is 18.7 Å². The number of carbonyl (C=O) groups is 1. The average Bonchev–Trinajstić information content (AvgIpc) is 2.19. The van der Waals surface area contributed by atoms with Gasteiger partial charge in [-0.25, -0.2) is 0 Å². The van der Waals surface area contributed by atoms with E-state index >= 15 is 0 Å². The molecule has 16 heavy (non-hydrogen) atoms. The fourth-order valence-corrected chi connectivity index (χ4v) is 1.56. The van der Waals surface area contributed by atoms with Crippen LogP contribution in [0.3, 0.4) is 0 Å². The first-order valence-electron chi connectivity index (χ1n) is 6.32. The summed E-state index contributed by atoms with van der Waals surface area (Å²) >= 11 is 0. The molecule has 0 bridgehead atoms. The van der Waals surface area contributed by atoms with Gasteiger partial charge in [0.1, 0.15) is 0 Å². The molecule has 0 saturated heterocycles. The summed E-state index contributed by atoms with van der Waals surface area (Å²) in [5.74, 6) is 0.293. The smallest absolute Gasteiger partial charge is 0.223 e. The van der Waals surface area contributed by atoms with Crippen molar-refractivity contribution in [2.45, 2.75) is 54.4 Å². The zero-order valence-corrected chi connectivity index (χ0v) is 11.8. The maximum Gasteiger partial charge on any atom is 0.223 e. The van der Waals surface area contributed by atoms with Gasteiger partial charge in [-0.1, -0.05) is 46.3 Å². The molecule has 0 saturated carbocycles. The van der Waals surface area contributed by atoms with Crippen LogP contribution < -0.4 is 0 Å². The van der Waals surface area contributed by atoms with Crippen molar-refractivity contribution < 1.29 is 4.79 Å². The molecule has 94 valence electrons. The maximum absolute atomic E-state index is 11.8. The van der Waals surface area contributed by atoms with Crippen LogP contribution in [0, 0.1) is 5.41 Å². The summed E-state index contributed by atoms with van der Waals surface area (Å²) in [6, 6.07) is 0. The lowest BCUT2D eigenvalue weighted by Crippen LogP contribution is -2.36. The number of amides is 1. The highest BCUT2D eigenvalue weighted by Crippen LogP contribution is 2.21. The Hall–Kier alpha value is -0.790. The summed E-state index contributed by atoms with van der Waals surface area (Å²) in [6.45, 7) is 14.2. The van der Waals surface area contributed by atoms with E-state index in [1.54, 1.807) is 0 Å². The minimum Gasteiger partial charge on any atom is -0.339 e. The van der Waals surface area contributed by atoms with E-state index in [4.69, 9.17) is 0 Å². The zero-order chi connectivity index (χ0) is 12.8. The number of rotatable bonds is 1. The van der Waals surface area contributed by atoms with E-state index < -0.39 is 0 Å². The highest BCUT2D eigenvalue weighted by molar-refractivity contribution is 5.77. The van der Waals surface area contributed by atoms with Crippen LogP contribution in [0.25, 0.3) is 0 Å². The van der Waals surface area contributed by atoms with Crippen LogP contribution in [0.4, 0.5) is 0 Å². The fraction of sp³-hybridized carbons (Fsp3) is 0.786. The number of hydrogen-bond donors (Lipinski definition) is 0. The molecule has 0 aromatic heterocycles. The average molecular weight is 225 g/mol. The van der Waals surface area contributed by atoms with E-state index in [2.05, 4.69) is 33.8 Å². The van der Waals surface area contributed by atoms with Gasteiger partial charge in [0.25, 0.3) is 0 Å². The second kappa shape index (κ2) is 6.72.